The number of benzene rings is 1. The lowest BCUT2D eigenvalue weighted by Crippen LogP contribution is -2.32. The van der Waals surface area contributed by atoms with Crippen LogP contribution in [0.5, 0.6) is 17.2 Å². The Kier molecular flexibility index (Phi) is 5.74. The quantitative estimate of drug-likeness (QED) is 0.539. The van der Waals surface area contributed by atoms with Crippen molar-refractivity contribution in [3.05, 3.63) is 71.1 Å². The molecule has 0 spiro atoms. The zero-order chi connectivity index (χ0) is 23.7. The molecule has 0 aliphatic carbocycles. The molecule has 1 unspecified atom stereocenters. The molecule has 4 rings (SSSR count). The van der Waals surface area contributed by atoms with Gasteiger partial charge in [-0.15, -0.1) is 0 Å². The second kappa shape index (κ2) is 8.65. The number of amides is 1. The number of anilines is 1. The summed E-state index contributed by atoms with van der Waals surface area (Å²) in [6, 6.07) is 6.78. The number of ketones is 1. The lowest BCUT2D eigenvalue weighted by atomic mass is 9.94. The molecular formula is C23H21N3O7. The highest BCUT2D eigenvalue weighted by molar-refractivity contribution is 6.19. The molecule has 1 atom stereocenters. The Balaban J connectivity index is 1.95. The highest BCUT2D eigenvalue weighted by Gasteiger charge is 2.47. The van der Waals surface area contributed by atoms with Crippen molar-refractivity contribution >= 4 is 17.6 Å². The Morgan fingerprint density at radius 2 is 1.70 bits per heavy atom. The summed E-state index contributed by atoms with van der Waals surface area (Å²) in [6.07, 6.45) is 2.91. The summed E-state index contributed by atoms with van der Waals surface area (Å²) >= 11 is 0. The summed E-state index contributed by atoms with van der Waals surface area (Å²) in [5.41, 5.74) is 0.219. The van der Waals surface area contributed by atoms with Crippen LogP contribution >= 0.6 is 0 Å². The number of rotatable bonds is 7. The first kappa shape index (κ1) is 21.9. The van der Waals surface area contributed by atoms with E-state index in [1.807, 2.05) is 0 Å². The molecule has 1 aromatic carbocycles. The van der Waals surface area contributed by atoms with Gasteiger partial charge in [0.25, 0.3) is 5.91 Å². The number of Topliss-reactive ketones (excluding diaryl/α,β-unsaturated/α-hetero) is 1. The number of aryl methyl sites for hydroxylation is 1. The van der Waals surface area contributed by atoms with Crippen molar-refractivity contribution in [2.75, 3.05) is 26.2 Å². The minimum atomic E-state index is -1.09. The molecule has 3 heterocycles. The summed E-state index contributed by atoms with van der Waals surface area (Å²) in [5, 5.41) is 10.8. The van der Waals surface area contributed by atoms with Crippen molar-refractivity contribution < 1.29 is 33.3 Å². The topological polar surface area (TPSA) is 124 Å². The van der Waals surface area contributed by atoms with Crippen molar-refractivity contribution in [3.8, 4) is 17.2 Å². The summed E-state index contributed by atoms with van der Waals surface area (Å²) in [5.74, 6) is -0.756. The zero-order valence-electron chi connectivity index (χ0n) is 18.4. The average molecular weight is 451 g/mol. The molecule has 10 nitrogen and oxygen atoms in total. The van der Waals surface area contributed by atoms with Crippen molar-refractivity contribution in [1.82, 2.24) is 9.97 Å². The van der Waals surface area contributed by atoms with E-state index in [0.29, 0.717) is 28.6 Å². The number of hydrogen-bond acceptors (Lipinski definition) is 9. The van der Waals surface area contributed by atoms with Gasteiger partial charge in [0.05, 0.1) is 32.9 Å². The van der Waals surface area contributed by atoms with Crippen LogP contribution in [0.3, 0.4) is 0 Å². The fourth-order valence-corrected chi connectivity index (χ4v) is 3.72. The number of hydrogen-bond donors (Lipinski definition) is 1. The van der Waals surface area contributed by atoms with E-state index in [1.54, 1.807) is 31.2 Å². The van der Waals surface area contributed by atoms with Crippen molar-refractivity contribution in [3.63, 3.8) is 0 Å². The highest BCUT2D eigenvalue weighted by Crippen LogP contribution is 2.46. The SMILES string of the molecule is COc1cc(C2C(C(=O)c3ccc(C)o3)=C(O)C(=O)N2c2ncccn2)cc(OC)c1OC. The summed E-state index contributed by atoms with van der Waals surface area (Å²) in [4.78, 5) is 36.0. The van der Waals surface area contributed by atoms with Gasteiger partial charge in [-0.25, -0.2) is 9.97 Å². The Hall–Kier alpha value is -4.34. The van der Waals surface area contributed by atoms with Gasteiger partial charge in [-0.2, -0.15) is 0 Å². The second-order valence-electron chi connectivity index (χ2n) is 7.09. The fourth-order valence-electron chi connectivity index (χ4n) is 3.72. The molecule has 170 valence electrons. The van der Waals surface area contributed by atoms with Gasteiger partial charge < -0.3 is 23.7 Å². The van der Waals surface area contributed by atoms with E-state index in [2.05, 4.69) is 9.97 Å². The lowest BCUT2D eigenvalue weighted by molar-refractivity contribution is -0.117. The van der Waals surface area contributed by atoms with Crippen molar-refractivity contribution in [2.45, 2.75) is 13.0 Å². The maximum atomic E-state index is 13.4. The molecule has 1 amide bonds. The van der Waals surface area contributed by atoms with Gasteiger partial charge in [-0.3, -0.25) is 14.5 Å². The smallest absolute Gasteiger partial charge is 0.296 e. The first-order chi connectivity index (χ1) is 15.9. The van der Waals surface area contributed by atoms with E-state index in [1.165, 1.54) is 39.8 Å². The predicted octanol–water partition coefficient (Wildman–Crippen LogP) is 3.19. The maximum Gasteiger partial charge on any atom is 0.296 e. The number of nitrogens with zero attached hydrogens (tertiary/aromatic N) is 3. The van der Waals surface area contributed by atoms with Crippen LogP contribution in [0.1, 0.15) is 27.9 Å². The van der Waals surface area contributed by atoms with Crippen LogP contribution in [0.4, 0.5) is 5.95 Å². The van der Waals surface area contributed by atoms with Crippen LogP contribution in [0.25, 0.3) is 0 Å². The third kappa shape index (κ3) is 3.65. The number of furan rings is 1. The van der Waals surface area contributed by atoms with E-state index >= 15 is 0 Å². The molecule has 33 heavy (non-hydrogen) atoms. The fraction of sp³-hybridized carbons (Fsp3) is 0.217. The third-order valence-corrected chi connectivity index (χ3v) is 5.19. The monoisotopic (exact) mass is 451 g/mol. The van der Waals surface area contributed by atoms with E-state index in [9.17, 15) is 14.7 Å². The molecule has 0 fully saturated rings. The number of aliphatic hydroxyl groups excluding tert-OH is 1. The minimum absolute atomic E-state index is 0.00577. The normalized spacial score (nSPS) is 15.7. The van der Waals surface area contributed by atoms with E-state index < -0.39 is 23.5 Å². The molecular weight excluding hydrogens is 430 g/mol. The molecule has 0 radical (unpaired) electrons. The summed E-state index contributed by atoms with van der Waals surface area (Å²) in [7, 11) is 4.36. The van der Waals surface area contributed by atoms with Crippen LogP contribution in [0.15, 0.2) is 58.5 Å². The molecule has 0 bridgehead atoms. The number of aliphatic hydroxyl groups is 1. The van der Waals surface area contributed by atoms with Gasteiger partial charge in [-0.1, -0.05) is 0 Å². The first-order valence-electron chi connectivity index (χ1n) is 9.86. The largest absolute Gasteiger partial charge is 0.503 e. The number of ether oxygens (including phenoxy) is 3. The molecule has 1 aliphatic heterocycles. The van der Waals surface area contributed by atoms with Crippen LogP contribution < -0.4 is 19.1 Å². The minimum Gasteiger partial charge on any atom is -0.503 e. The van der Waals surface area contributed by atoms with Gasteiger partial charge in [0.2, 0.25) is 17.5 Å². The van der Waals surface area contributed by atoms with Gasteiger partial charge in [0, 0.05) is 12.4 Å². The molecule has 1 N–H and O–H groups in total. The molecule has 0 saturated carbocycles. The lowest BCUT2D eigenvalue weighted by Gasteiger charge is -2.26. The summed E-state index contributed by atoms with van der Waals surface area (Å²) < 4.78 is 21.7. The molecule has 2 aromatic heterocycles. The van der Waals surface area contributed by atoms with E-state index in [0.717, 1.165) is 4.90 Å². The maximum absolute atomic E-state index is 13.4. The Morgan fingerprint density at radius 3 is 2.21 bits per heavy atom. The third-order valence-electron chi connectivity index (χ3n) is 5.19. The van der Waals surface area contributed by atoms with Crippen LogP contribution in [-0.4, -0.2) is 48.1 Å². The van der Waals surface area contributed by atoms with Gasteiger partial charge in [-0.05, 0) is 42.8 Å². The molecule has 1 aliphatic rings. The van der Waals surface area contributed by atoms with Crippen molar-refractivity contribution in [2.24, 2.45) is 0 Å². The first-order valence-corrected chi connectivity index (χ1v) is 9.86. The van der Waals surface area contributed by atoms with Crippen LogP contribution in [0, 0.1) is 6.92 Å². The number of methoxy groups -OCH3 is 3. The Bertz CT molecular complexity index is 1220. The van der Waals surface area contributed by atoms with Gasteiger partial charge in [0.1, 0.15) is 5.76 Å². The zero-order valence-corrected chi connectivity index (χ0v) is 18.4. The average Bonchev–Trinajstić information content (AvgIpc) is 3.39. The predicted molar refractivity (Wildman–Crippen MR) is 116 cm³/mol. The van der Waals surface area contributed by atoms with Gasteiger partial charge in [0.15, 0.2) is 23.0 Å². The Labute approximate surface area is 189 Å². The number of carbonyl (C=O) groups is 2. The molecule has 10 heteroatoms. The second-order valence-corrected chi connectivity index (χ2v) is 7.09. The van der Waals surface area contributed by atoms with E-state index in [4.69, 9.17) is 18.6 Å². The summed E-state index contributed by atoms with van der Waals surface area (Å²) in [6.45, 7) is 1.69. The molecule has 3 aromatic rings. The van der Waals surface area contributed by atoms with Crippen molar-refractivity contribution in [1.29, 1.82) is 0 Å². The highest BCUT2D eigenvalue weighted by atomic mass is 16.5. The van der Waals surface area contributed by atoms with Crippen LogP contribution in [-0.2, 0) is 4.79 Å². The van der Waals surface area contributed by atoms with Crippen LogP contribution in [0.2, 0.25) is 0 Å². The standard InChI is InChI=1S/C23H21N3O7/c1-12-6-7-14(33-12)19(27)17-18(13-10-15(30-2)21(32-4)16(11-13)31-3)26(22(29)20(17)28)23-24-8-5-9-25-23/h5-11,18,28H,1-4H3. The Morgan fingerprint density at radius 1 is 1.06 bits per heavy atom. The molecule has 0 saturated heterocycles. The van der Waals surface area contributed by atoms with Gasteiger partial charge >= 0.3 is 0 Å². The van der Waals surface area contributed by atoms with E-state index in [-0.39, 0.29) is 17.3 Å². The number of carbonyl (C=O) groups excluding carboxylic acids is 2. The number of aromatic nitrogens is 2.